The monoisotopic (exact) mass is 648 g/mol. The van der Waals surface area contributed by atoms with Crippen LogP contribution in [0.1, 0.15) is 33.6 Å². The van der Waals surface area contributed by atoms with Gasteiger partial charge in [-0.05, 0) is 32.9 Å². The van der Waals surface area contributed by atoms with Crippen LogP contribution >= 0.6 is 0 Å². The molecule has 2 saturated heterocycles. The molecule has 3 rings (SSSR count). The lowest BCUT2D eigenvalue weighted by Gasteiger charge is -2.41. The Hall–Kier alpha value is -4.96. The molecule has 0 spiro atoms. The molecule has 0 bridgehead atoms. The molecule has 0 saturated carbocycles. The van der Waals surface area contributed by atoms with E-state index in [0.29, 0.717) is 26.2 Å². The van der Waals surface area contributed by atoms with E-state index in [1.165, 1.54) is 4.90 Å². The summed E-state index contributed by atoms with van der Waals surface area (Å²) < 4.78 is 14.6. The van der Waals surface area contributed by atoms with Crippen molar-refractivity contribution >= 4 is 47.4 Å². The van der Waals surface area contributed by atoms with Crippen LogP contribution in [0.25, 0.3) is 0 Å². The van der Waals surface area contributed by atoms with Gasteiger partial charge in [0.15, 0.2) is 0 Å². The lowest BCUT2D eigenvalue weighted by molar-refractivity contribution is -0.162. The number of hydrogen-bond acceptors (Lipinski definition) is 12. The Balaban J connectivity index is 1.77. The number of amides is 4. The van der Waals surface area contributed by atoms with Crippen molar-refractivity contribution in [2.45, 2.75) is 45.7 Å². The normalized spacial score (nSPS) is 17.6. The molecule has 1 aromatic rings. The van der Waals surface area contributed by atoms with Gasteiger partial charge in [-0.3, -0.25) is 33.8 Å². The Kier molecular flexibility index (Phi) is 12.2. The smallest absolute Gasteiger partial charge is 0.410 e. The van der Waals surface area contributed by atoms with Crippen molar-refractivity contribution in [3.63, 3.8) is 0 Å². The molecule has 2 atom stereocenters. The number of carboxylic acid groups (broad SMARTS) is 1. The SMILES string of the molecule is COC(=O)C[C@H]1C(=O)N(CC(=O)O)CCN1C(=O)[C@@H](CC(=O)N1CCN(c2ccncc2)CC1)NC(=O)OCOC(=O)C(C)(C)C. The minimum absolute atomic E-state index is 0.167. The number of pyridine rings is 1. The van der Waals surface area contributed by atoms with E-state index >= 15 is 0 Å². The summed E-state index contributed by atoms with van der Waals surface area (Å²) in [6.45, 7) is 4.72. The Morgan fingerprint density at radius 2 is 1.65 bits per heavy atom. The summed E-state index contributed by atoms with van der Waals surface area (Å²) in [6, 6.07) is 0.710. The van der Waals surface area contributed by atoms with E-state index in [4.69, 9.17) is 9.47 Å². The molecule has 0 aliphatic carbocycles. The number of carbonyl (C=O) groups excluding carboxylic acids is 6. The maximum absolute atomic E-state index is 13.9. The van der Waals surface area contributed by atoms with E-state index in [-0.39, 0.29) is 13.1 Å². The number of aliphatic carboxylic acids is 1. The molecule has 2 N–H and O–H groups in total. The number of rotatable bonds is 11. The van der Waals surface area contributed by atoms with Gasteiger partial charge in [0.05, 0.1) is 25.4 Å². The Bertz CT molecular complexity index is 1290. The zero-order valence-corrected chi connectivity index (χ0v) is 26.3. The third-order valence-electron chi connectivity index (χ3n) is 7.40. The van der Waals surface area contributed by atoms with Gasteiger partial charge in [-0.2, -0.15) is 0 Å². The van der Waals surface area contributed by atoms with Crippen molar-refractivity contribution in [1.82, 2.24) is 25.0 Å². The third kappa shape index (κ3) is 9.77. The van der Waals surface area contributed by atoms with Crippen LogP contribution in [0.3, 0.4) is 0 Å². The number of aromatic nitrogens is 1. The molecule has 252 valence electrons. The number of nitrogens with zero attached hydrogens (tertiary/aromatic N) is 5. The van der Waals surface area contributed by atoms with Gasteiger partial charge in [0, 0.05) is 57.3 Å². The number of methoxy groups -OCH3 is 1. The summed E-state index contributed by atoms with van der Waals surface area (Å²) in [7, 11) is 1.09. The highest BCUT2D eigenvalue weighted by atomic mass is 16.7. The van der Waals surface area contributed by atoms with Crippen LogP contribution in [-0.2, 0) is 43.0 Å². The van der Waals surface area contributed by atoms with Crippen molar-refractivity contribution < 1.29 is 52.9 Å². The molecule has 4 amide bonds. The molecule has 17 heteroatoms. The lowest BCUT2D eigenvalue weighted by Crippen LogP contribution is -2.63. The van der Waals surface area contributed by atoms with Crippen LogP contribution < -0.4 is 10.2 Å². The van der Waals surface area contributed by atoms with Crippen LogP contribution in [0.5, 0.6) is 0 Å². The van der Waals surface area contributed by atoms with E-state index in [2.05, 4.69) is 19.9 Å². The number of hydrogen-bond donors (Lipinski definition) is 2. The minimum Gasteiger partial charge on any atom is -0.480 e. The van der Waals surface area contributed by atoms with Gasteiger partial charge in [0.25, 0.3) is 0 Å². The predicted molar refractivity (Wildman–Crippen MR) is 158 cm³/mol. The standard InChI is InChI=1S/C29H40N6O11/c1-29(2,3)27(42)45-18-46-28(43)31-20(15-22(36)33-11-9-32(10-12-33)19-5-7-30-8-6-19)25(40)35-14-13-34(17-23(37)38)26(41)21(35)16-24(39)44-4/h5-8,20-21H,9-18H2,1-4H3,(H,31,43)(H,37,38)/t20-,21+/m1/s1. The number of carboxylic acids is 1. The Labute approximate surface area is 265 Å². The molecule has 3 heterocycles. The Morgan fingerprint density at radius 1 is 1.00 bits per heavy atom. The second-order valence-electron chi connectivity index (χ2n) is 11.7. The van der Waals surface area contributed by atoms with Gasteiger partial charge in [-0.1, -0.05) is 0 Å². The summed E-state index contributed by atoms with van der Waals surface area (Å²) in [5, 5.41) is 11.5. The molecule has 1 aromatic heterocycles. The van der Waals surface area contributed by atoms with Crippen molar-refractivity contribution in [2.75, 3.05) is 64.6 Å². The fourth-order valence-electron chi connectivity index (χ4n) is 4.87. The number of ether oxygens (including phenoxy) is 3. The molecule has 2 aliphatic rings. The largest absolute Gasteiger partial charge is 0.480 e. The van der Waals surface area contributed by atoms with Crippen molar-refractivity contribution in [3.8, 4) is 0 Å². The highest BCUT2D eigenvalue weighted by Gasteiger charge is 2.43. The molecule has 0 radical (unpaired) electrons. The quantitative estimate of drug-likeness (QED) is 0.229. The summed E-state index contributed by atoms with van der Waals surface area (Å²) in [5.74, 6) is -4.90. The summed E-state index contributed by atoms with van der Waals surface area (Å²) in [6.07, 6.45) is 1.06. The molecule has 17 nitrogen and oxygen atoms in total. The first-order valence-electron chi connectivity index (χ1n) is 14.6. The first kappa shape index (κ1) is 35.5. The fourth-order valence-corrected chi connectivity index (χ4v) is 4.87. The van der Waals surface area contributed by atoms with Crippen molar-refractivity contribution in [1.29, 1.82) is 0 Å². The number of anilines is 1. The van der Waals surface area contributed by atoms with Gasteiger partial charge >= 0.3 is 24.0 Å². The fraction of sp³-hybridized carbons (Fsp3) is 0.586. The average Bonchev–Trinajstić information content (AvgIpc) is 3.02. The topological polar surface area (TPSA) is 205 Å². The van der Waals surface area contributed by atoms with Gasteiger partial charge < -0.3 is 44.2 Å². The van der Waals surface area contributed by atoms with Crippen LogP contribution in [-0.4, -0.2) is 138 Å². The molecular formula is C29H40N6O11. The minimum atomic E-state index is -1.55. The molecule has 0 aromatic carbocycles. The summed E-state index contributed by atoms with van der Waals surface area (Å²) in [5.41, 5.74) is 0.0750. The molecule has 2 aliphatic heterocycles. The third-order valence-corrected chi connectivity index (χ3v) is 7.40. The van der Waals surface area contributed by atoms with Crippen LogP contribution in [0, 0.1) is 5.41 Å². The molecule has 0 unspecified atom stereocenters. The molecule has 46 heavy (non-hydrogen) atoms. The van der Waals surface area contributed by atoms with Gasteiger partial charge in [0.1, 0.15) is 18.6 Å². The number of alkyl carbamates (subject to hydrolysis) is 1. The zero-order valence-electron chi connectivity index (χ0n) is 26.3. The number of piperazine rings is 2. The van der Waals surface area contributed by atoms with E-state index in [1.807, 2.05) is 12.1 Å². The molecule has 2 fully saturated rings. The van der Waals surface area contributed by atoms with Gasteiger partial charge in [0.2, 0.25) is 24.5 Å². The average molecular weight is 649 g/mol. The van der Waals surface area contributed by atoms with Crippen LogP contribution in [0.2, 0.25) is 0 Å². The van der Waals surface area contributed by atoms with Crippen molar-refractivity contribution in [3.05, 3.63) is 24.5 Å². The lowest BCUT2D eigenvalue weighted by atomic mass is 9.98. The van der Waals surface area contributed by atoms with E-state index in [0.717, 1.165) is 22.6 Å². The first-order chi connectivity index (χ1) is 21.7. The Morgan fingerprint density at radius 3 is 2.24 bits per heavy atom. The predicted octanol–water partition coefficient (Wildman–Crippen LogP) is -0.551. The maximum atomic E-state index is 13.9. The van der Waals surface area contributed by atoms with Gasteiger partial charge in [-0.25, -0.2) is 4.79 Å². The summed E-state index contributed by atoms with van der Waals surface area (Å²) in [4.78, 5) is 98.4. The van der Waals surface area contributed by atoms with Crippen molar-refractivity contribution in [2.24, 2.45) is 5.41 Å². The zero-order chi connectivity index (χ0) is 34.0. The maximum Gasteiger partial charge on any atom is 0.410 e. The second kappa shape index (κ2) is 15.9. The van der Waals surface area contributed by atoms with Crippen LogP contribution in [0.4, 0.5) is 10.5 Å². The van der Waals surface area contributed by atoms with E-state index in [9.17, 15) is 38.7 Å². The second-order valence-corrected chi connectivity index (χ2v) is 11.7. The number of carbonyl (C=O) groups is 7. The van der Waals surface area contributed by atoms with Crippen LogP contribution in [0.15, 0.2) is 24.5 Å². The van der Waals surface area contributed by atoms with Gasteiger partial charge in [-0.15, -0.1) is 0 Å². The first-order valence-corrected chi connectivity index (χ1v) is 14.6. The molecular weight excluding hydrogens is 608 g/mol. The highest BCUT2D eigenvalue weighted by Crippen LogP contribution is 2.20. The highest BCUT2D eigenvalue weighted by molar-refractivity contribution is 5.97. The van der Waals surface area contributed by atoms with E-state index < -0.39 is 85.4 Å². The number of esters is 2. The summed E-state index contributed by atoms with van der Waals surface area (Å²) >= 11 is 0. The number of nitrogens with one attached hydrogen (secondary N) is 1. The van der Waals surface area contributed by atoms with E-state index in [1.54, 1.807) is 33.2 Å².